The molecule has 3 amide bonds. The van der Waals surface area contributed by atoms with E-state index < -0.39 is 6.04 Å². The molecule has 3 rings (SSSR count). The zero-order valence-corrected chi connectivity index (χ0v) is 15.6. The molecule has 0 saturated carbocycles. The van der Waals surface area contributed by atoms with Gasteiger partial charge in [0.1, 0.15) is 6.04 Å². The maximum Gasteiger partial charge on any atom is 0.245 e. The van der Waals surface area contributed by atoms with Gasteiger partial charge in [-0.25, -0.2) is 0 Å². The Bertz CT molecular complexity index is 823. The Morgan fingerprint density at radius 1 is 1.19 bits per heavy atom. The van der Waals surface area contributed by atoms with E-state index in [1.807, 2.05) is 35.4 Å². The summed E-state index contributed by atoms with van der Waals surface area (Å²) < 4.78 is 0. The Morgan fingerprint density at radius 2 is 1.93 bits per heavy atom. The van der Waals surface area contributed by atoms with Crippen molar-refractivity contribution in [3.63, 3.8) is 0 Å². The molecule has 1 aliphatic heterocycles. The number of para-hydroxylation sites is 1. The molecule has 1 unspecified atom stereocenters. The Kier molecular flexibility index (Phi) is 6.11. The second-order valence-electron chi connectivity index (χ2n) is 6.95. The molecule has 1 fully saturated rings. The first-order valence-corrected chi connectivity index (χ1v) is 9.42. The Balaban J connectivity index is 1.72. The standard InChI is InChI=1S/C20H26N4O3/c1-14(25)21-9-8-19(26)23-18(20(27)24-10-4-5-11-24)12-15-13-22-17-7-3-2-6-16(15)17/h2-3,6-7,13,18,22H,4-5,8-12H2,1H3,(H,21,25)(H,23,26). The minimum absolute atomic E-state index is 0.0364. The van der Waals surface area contributed by atoms with Crippen LogP contribution in [0, 0.1) is 0 Å². The monoisotopic (exact) mass is 370 g/mol. The third kappa shape index (κ3) is 4.87. The lowest BCUT2D eigenvalue weighted by atomic mass is 10.0. The number of nitrogens with one attached hydrogen (secondary N) is 3. The highest BCUT2D eigenvalue weighted by Gasteiger charge is 2.28. The van der Waals surface area contributed by atoms with Crippen LogP contribution in [0.5, 0.6) is 0 Å². The zero-order valence-electron chi connectivity index (χ0n) is 15.6. The number of hydrogen-bond donors (Lipinski definition) is 3. The predicted octanol–water partition coefficient (Wildman–Crippen LogP) is 1.34. The van der Waals surface area contributed by atoms with Gasteiger partial charge >= 0.3 is 0 Å². The molecule has 0 spiro atoms. The number of hydrogen-bond acceptors (Lipinski definition) is 3. The largest absolute Gasteiger partial charge is 0.361 e. The van der Waals surface area contributed by atoms with Crippen LogP contribution in [0.3, 0.4) is 0 Å². The van der Waals surface area contributed by atoms with Crippen LogP contribution in [-0.4, -0.2) is 53.3 Å². The zero-order chi connectivity index (χ0) is 19.2. The first-order valence-electron chi connectivity index (χ1n) is 9.42. The molecule has 1 aromatic heterocycles. The molecular formula is C20H26N4O3. The molecular weight excluding hydrogens is 344 g/mol. The summed E-state index contributed by atoms with van der Waals surface area (Å²) in [6.45, 7) is 3.16. The molecule has 7 heteroatoms. The minimum atomic E-state index is -0.605. The number of aromatic amines is 1. The average molecular weight is 370 g/mol. The quantitative estimate of drug-likeness (QED) is 0.687. The lowest BCUT2D eigenvalue weighted by Gasteiger charge is -2.24. The van der Waals surface area contributed by atoms with Crippen molar-refractivity contribution < 1.29 is 14.4 Å². The van der Waals surface area contributed by atoms with Crippen LogP contribution in [0.2, 0.25) is 0 Å². The topological polar surface area (TPSA) is 94.3 Å². The molecule has 0 radical (unpaired) electrons. The van der Waals surface area contributed by atoms with Gasteiger partial charge in [0.25, 0.3) is 0 Å². The van der Waals surface area contributed by atoms with Crippen molar-refractivity contribution in [3.8, 4) is 0 Å². The Labute approximate surface area is 158 Å². The maximum absolute atomic E-state index is 13.0. The molecule has 1 aromatic carbocycles. The number of H-pyrrole nitrogens is 1. The van der Waals surface area contributed by atoms with Crippen molar-refractivity contribution in [3.05, 3.63) is 36.0 Å². The number of fused-ring (bicyclic) bond motifs is 1. The summed E-state index contributed by atoms with van der Waals surface area (Å²) in [4.78, 5) is 41.3. The number of aromatic nitrogens is 1. The molecule has 1 saturated heterocycles. The molecule has 7 nitrogen and oxygen atoms in total. The highest BCUT2D eigenvalue weighted by atomic mass is 16.2. The highest BCUT2D eigenvalue weighted by Crippen LogP contribution is 2.20. The van der Waals surface area contributed by atoms with E-state index in [0.717, 1.165) is 42.4 Å². The normalized spacial score (nSPS) is 14.9. The summed E-state index contributed by atoms with van der Waals surface area (Å²) in [6, 6.07) is 7.31. The third-order valence-corrected chi connectivity index (χ3v) is 4.88. The second kappa shape index (κ2) is 8.70. The van der Waals surface area contributed by atoms with Crippen molar-refractivity contribution in [2.75, 3.05) is 19.6 Å². The Hall–Kier alpha value is -2.83. The SMILES string of the molecule is CC(=O)NCCC(=O)NC(Cc1c[nH]c2ccccc12)C(=O)N1CCCC1. The second-order valence-corrected chi connectivity index (χ2v) is 6.95. The molecule has 2 aromatic rings. The van der Waals surface area contributed by atoms with Gasteiger partial charge in [-0.2, -0.15) is 0 Å². The van der Waals surface area contributed by atoms with Gasteiger partial charge in [-0.1, -0.05) is 18.2 Å². The van der Waals surface area contributed by atoms with Gasteiger partial charge in [-0.15, -0.1) is 0 Å². The molecule has 27 heavy (non-hydrogen) atoms. The summed E-state index contributed by atoms with van der Waals surface area (Å²) in [7, 11) is 0. The minimum Gasteiger partial charge on any atom is -0.361 e. The fraction of sp³-hybridized carbons (Fsp3) is 0.450. The van der Waals surface area contributed by atoms with Crippen molar-refractivity contribution in [1.29, 1.82) is 0 Å². The van der Waals surface area contributed by atoms with Gasteiger partial charge in [0, 0.05) is 56.5 Å². The number of likely N-dealkylation sites (tertiary alicyclic amines) is 1. The van der Waals surface area contributed by atoms with Crippen molar-refractivity contribution in [2.24, 2.45) is 0 Å². The smallest absolute Gasteiger partial charge is 0.245 e. The van der Waals surface area contributed by atoms with Crippen LogP contribution in [0.15, 0.2) is 30.5 Å². The molecule has 144 valence electrons. The number of amides is 3. The summed E-state index contributed by atoms with van der Waals surface area (Å²) in [6.07, 6.45) is 4.49. The Morgan fingerprint density at radius 3 is 2.67 bits per heavy atom. The van der Waals surface area contributed by atoms with Gasteiger partial charge in [0.05, 0.1) is 0 Å². The van der Waals surface area contributed by atoms with Crippen LogP contribution in [0.25, 0.3) is 10.9 Å². The molecule has 2 heterocycles. The van der Waals surface area contributed by atoms with Gasteiger partial charge in [0.15, 0.2) is 0 Å². The lowest BCUT2D eigenvalue weighted by molar-refractivity contribution is -0.135. The van der Waals surface area contributed by atoms with E-state index in [4.69, 9.17) is 0 Å². The van der Waals surface area contributed by atoms with Gasteiger partial charge in [-0.05, 0) is 24.5 Å². The van der Waals surface area contributed by atoms with Crippen LogP contribution >= 0.6 is 0 Å². The number of nitrogens with zero attached hydrogens (tertiary/aromatic N) is 1. The molecule has 0 aliphatic carbocycles. The first kappa shape index (κ1) is 18.9. The lowest BCUT2D eigenvalue weighted by Crippen LogP contribution is -2.49. The molecule has 0 bridgehead atoms. The van der Waals surface area contributed by atoms with E-state index in [9.17, 15) is 14.4 Å². The van der Waals surface area contributed by atoms with Crippen molar-refractivity contribution >= 4 is 28.6 Å². The van der Waals surface area contributed by atoms with Gasteiger partial charge in [0.2, 0.25) is 17.7 Å². The van der Waals surface area contributed by atoms with E-state index in [1.54, 1.807) is 0 Å². The number of benzene rings is 1. The fourth-order valence-corrected chi connectivity index (χ4v) is 3.50. The maximum atomic E-state index is 13.0. The predicted molar refractivity (Wildman–Crippen MR) is 103 cm³/mol. The van der Waals surface area contributed by atoms with E-state index in [0.29, 0.717) is 6.42 Å². The van der Waals surface area contributed by atoms with E-state index in [1.165, 1.54) is 6.92 Å². The van der Waals surface area contributed by atoms with E-state index in [2.05, 4.69) is 15.6 Å². The molecule has 3 N–H and O–H groups in total. The van der Waals surface area contributed by atoms with E-state index in [-0.39, 0.29) is 30.7 Å². The summed E-state index contributed by atoms with van der Waals surface area (Å²) in [5, 5.41) is 6.54. The average Bonchev–Trinajstić information content (AvgIpc) is 3.30. The summed E-state index contributed by atoms with van der Waals surface area (Å²) in [5.41, 5.74) is 2.02. The number of carbonyl (C=O) groups is 3. The van der Waals surface area contributed by atoms with Crippen LogP contribution < -0.4 is 10.6 Å². The summed E-state index contributed by atoms with van der Waals surface area (Å²) >= 11 is 0. The first-order chi connectivity index (χ1) is 13.0. The van der Waals surface area contributed by atoms with Gasteiger partial charge in [-0.3, -0.25) is 14.4 Å². The number of carbonyl (C=O) groups excluding carboxylic acids is 3. The van der Waals surface area contributed by atoms with Gasteiger partial charge < -0.3 is 20.5 Å². The summed E-state index contributed by atoms with van der Waals surface area (Å²) in [5.74, 6) is -0.446. The van der Waals surface area contributed by atoms with Crippen LogP contribution in [0.4, 0.5) is 0 Å². The van der Waals surface area contributed by atoms with Crippen molar-refractivity contribution in [1.82, 2.24) is 20.5 Å². The molecule has 1 aliphatic rings. The van der Waals surface area contributed by atoms with Crippen molar-refractivity contribution in [2.45, 2.75) is 38.6 Å². The third-order valence-electron chi connectivity index (χ3n) is 4.88. The fourth-order valence-electron chi connectivity index (χ4n) is 3.50. The van der Waals surface area contributed by atoms with E-state index >= 15 is 0 Å². The highest BCUT2D eigenvalue weighted by molar-refractivity contribution is 5.90. The molecule has 1 atom stereocenters. The van der Waals surface area contributed by atoms with Crippen LogP contribution in [-0.2, 0) is 20.8 Å². The van der Waals surface area contributed by atoms with Crippen LogP contribution in [0.1, 0.15) is 31.7 Å². The number of rotatable bonds is 7.